The second-order valence-corrected chi connectivity index (χ2v) is 16.4. The number of para-hydroxylation sites is 1. The molecule has 9 rings (SSSR count). The third-order valence-corrected chi connectivity index (χ3v) is 12.6. The second kappa shape index (κ2) is 14.9. The van der Waals surface area contributed by atoms with Crippen molar-refractivity contribution in [2.75, 3.05) is 47.8 Å². The third kappa shape index (κ3) is 6.86. The molecule has 3 amide bonds. The number of carbonyl (C=O) groups is 3. The van der Waals surface area contributed by atoms with Crippen molar-refractivity contribution in [3.8, 4) is 0 Å². The highest BCUT2D eigenvalue weighted by molar-refractivity contribution is 6.09. The van der Waals surface area contributed by atoms with E-state index in [0.717, 1.165) is 73.8 Å². The van der Waals surface area contributed by atoms with Gasteiger partial charge in [-0.3, -0.25) is 38.7 Å². The first kappa shape index (κ1) is 37.8. The van der Waals surface area contributed by atoms with Gasteiger partial charge in [0.1, 0.15) is 17.1 Å². The van der Waals surface area contributed by atoms with E-state index in [0.29, 0.717) is 66.2 Å². The van der Waals surface area contributed by atoms with Crippen molar-refractivity contribution >= 4 is 62.9 Å². The van der Waals surface area contributed by atoms with E-state index in [2.05, 4.69) is 35.5 Å². The van der Waals surface area contributed by atoms with E-state index in [1.165, 1.54) is 11.8 Å². The maximum atomic E-state index is 16.0. The summed E-state index contributed by atoms with van der Waals surface area (Å²) in [7, 11) is 1.83. The maximum absolute atomic E-state index is 16.0. The number of Topliss-reactive ketones (excluding diaryl/α,β-unsaturated/α-hetero) is 1. The smallest absolute Gasteiger partial charge is 0.329 e. The Morgan fingerprint density at radius 3 is 2.45 bits per heavy atom. The quantitative estimate of drug-likeness (QED) is 0.172. The SMILES string of the molecule is CC(=O)c1c(C)c2cnc(Nc3ccc(N4CCC(N5CC(F)(CCc6cccc7c(N8CCC(=O)NC8=O)nn(C)c67)C5)CC4)cn3)nc2n(C2CCCC2)c1=O. The molecule has 1 saturated carbocycles. The minimum atomic E-state index is -1.26. The fourth-order valence-electron chi connectivity index (χ4n) is 9.58. The number of amides is 3. The van der Waals surface area contributed by atoms with Crippen molar-refractivity contribution in [2.24, 2.45) is 7.05 Å². The van der Waals surface area contributed by atoms with Crippen LogP contribution in [0.1, 0.15) is 85.8 Å². The standard InChI is InChI=1S/C42H48FN11O4/c1-25-32-22-45-40(48-37(32)54(29-8-4-5-9-29)39(57)35(25)26(2)55)46-33-12-11-30(21-44-33)51-18-14-28(15-19-51)52-23-42(43,24-52)17-13-27-7-6-10-31-36(27)50(3)49-38(31)53-20-16-34(56)47-41(53)58/h6-7,10-12,21-22,28-29H,4-5,8-9,13-20,23-24H2,1-3H3,(H,47,56,58)(H,44,45,46,48). The van der Waals surface area contributed by atoms with E-state index < -0.39 is 11.7 Å². The Labute approximate surface area is 334 Å². The fourth-order valence-corrected chi connectivity index (χ4v) is 9.58. The van der Waals surface area contributed by atoms with Crippen LogP contribution in [0.15, 0.2) is 47.5 Å². The highest BCUT2D eigenvalue weighted by Gasteiger charge is 2.46. The number of urea groups is 1. The maximum Gasteiger partial charge on any atom is 0.329 e. The number of aryl methyl sites for hydroxylation is 3. The number of benzene rings is 1. The topological polar surface area (TPSA) is 163 Å². The summed E-state index contributed by atoms with van der Waals surface area (Å²) in [4.78, 5) is 70.3. The van der Waals surface area contributed by atoms with Gasteiger partial charge in [0.2, 0.25) is 11.9 Å². The molecule has 0 spiro atoms. The number of piperidine rings is 1. The lowest BCUT2D eigenvalue weighted by atomic mass is 9.86. The van der Waals surface area contributed by atoms with Crippen molar-refractivity contribution < 1.29 is 18.8 Å². The Hall–Kier alpha value is -5.77. The molecule has 0 unspecified atom stereocenters. The van der Waals surface area contributed by atoms with Gasteiger partial charge in [0.25, 0.3) is 5.56 Å². The summed E-state index contributed by atoms with van der Waals surface area (Å²) in [6.07, 6.45) is 10.4. The molecule has 1 aliphatic carbocycles. The molecule has 1 aromatic carbocycles. The molecule has 15 nitrogen and oxygen atoms in total. The van der Waals surface area contributed by atoms with Crippen LogP contribution in [0.5, 0.6) is 0 Å². The summed E-state index contributed by atoms with van der Waals surface area (Å²) in [5.41, 5.74) is 2.68. The number of imide groups is 1. The summed E-state index contributed by atoms with van der Waals surface area (Å²) < 4.78 is 19.5. The van der Waals surface area contributed by atoms with E-state index in [1.807, 2.05) is 43.6 Å². The Kier molecular flexibility index (Phi) is 9.69. The van der Waals surface area contributed by atoms with Crippen LogP contribution in [0.4, 0.5) is 32.5 Å². The summed E-state index contributed by atoms with van der Waals surface area (Å²) in [6.45, 7) is 6.01. The molecule has 0 radical (unpaired) electrons. The summed E-state index contributed by atoms with van der Waals surface area (Å²) >= 11 is 0. The average molecular weight is 790 g/mol. The predicted molar refractivity (Wildman–Crippen MR) is 219 cm³/mol. The third-order valence-electron chi connectivity index (χ3n) is 12.6. The van der Waals surface area contributed by atoms with Gasteiger partial charge in [0, 0.05) is 75.2 Å². The van der Waals surface area contributed by atoms with Crippen molar-refractivity contribution in [1.82, 2.24) is 39.5 Å². The molecule has 4 aromatic heterocycles. The molecule has 4 fully saturated rings. The average Bonchev–Trinajstić information content (AvgIpc) is 3.85. The number of anilines is 4. The van der Waals surface area contributed by atoms with Crippen LogP contribution in [-0.2, 0) is 18.3 Å². The Morgan fingerprint density at radius 2 is 1.74 bits per heavy atom. The lowest BCUT2D eigenvalue weighted by Gasteiger charge is -2.50. The van der Waals surface area contributed by atoms with Crippen LogP contribution >= 0.6 is 0 Å². The van der Waals surface area contributed by atoms with E-state index in [4.69, 9.17) is 4.98 Å². The van der Waals surface area contributed by atoms with Crippen LogP contribution < -0.4 is 26.0 Å². The highest BCUT2D eigenvalue weighted by atomic mass is 19.1. The minimum Gasteiger partial charge on any atom is -0.370 e. The molecule has 302 valence electrons. The number of alkyl halides is 1. The Balaban J connectivity index is 0.797. The number of pyridine rings is 2. The molecular formula is C42H48FN11O4. The van der Waals surface area contributed by atoms with E-state index in [1.54, 1.807) is 22.4 Å². The molecule has 3 saturated heterocycles. The van der Waals surface area contributed by atoms with Crippen molar-refractivity contribution in [3.63, 3.8) is 0 Å². The minimum absolute atomic E-state index is 0.00118. The van der Waals surface area contributed by atoms with Crippen LogP contribution in [0, 0.1) is 6.92 Å². The number of aromatic nitrogens is 6. The zero-order chi connectivity index (χ0) is 40.3. The second-order valence-electron chi connectivity index (χ2n) is 16.4. The first-order chi connectivity index (χ1) is 28.0. The van der Waals surface area contributed by atoms with Gasteiger partial charge in [0.05, 0.1) is 23.0 Å². The Morgan fingerprint density at radius 1 is 0.966 bits per heavy atom. The number of ketones is 1. The van der Waals surface area contributed by atoms with E-state index >= 15 is 4.39 Å². The molecule has 0 atom stereocenters. The van der Waals surface area contributed by atoms with Crippen LogP contribution in [0.3, 0.4) is 0 Å². The van der Waals surface area contributed by atoms with Gasteiger partial charge < -0.3 is 10.2 Å². The number of halogens is 1. The number of rotatable bonds is 10. The molecule has 3 aliphatic heterocycles. The van der Waals surface area contributed by atoms with Gasteiger partial charge in [0.15, 0.2) is 11.6 Å². The molecule has 16 heteroatoms. The monoisotopic (exact) mass is 789 g/mol. The van der Waals surface area contributed by atoms with Crippen molar-refractivity contribution in [2.45, 2.75) is 89.4 Å². The zero-order valence-electron chi connectivity index (χ0n) is 33.1. The molecule has 7 heterocycles. The van der Waals surface area contributed by atoms with Gasteiger partial charge in [-0.1, -0.05) is 25.0 Å². The summed E-state index contributed by atoms with van der Waals surface area (Å²) in [6, 6.07) is 9.61. The molecule has 0 bridgehead atoms. The molecule has 2 N–H and O–H groups in total. The van der Waals surface area contributed by atoms with Gasteiger partial charge in [-0.25, -0.2) is 19.2 Å². The van der Waals surface area contributed by atoms with Crippen LogP contribution in [0.2, 0.25) is 0 Å². The molecular weight excluding hydrogens is 742 g/mol. The first-order valence-corrected chi connectivity index (χ1v) is 20.4. The Bertz CT molecular complexity index is 2500. The van der Waals surface area contributed by atoms with Crippen LogP contribution in [-0.4, -0.2) is 96.4 Å². The summed E-state index contributed by atoms with van der Waals surface area (Å²) in [5.74, 6) is 0.880. The normalized spacial score (nSPS) is 19.2. The van der Waals surface area contributed by atoms with E-state index in [9.17, 15) is 19.2 Å². The molecule has 4 aliphatic rings. The van der Waals surface area contributed by atoms with Gasteiger partial charge >= 0.3 is 6.03 Å². The summed E-state index contributed by atoms with van der Waals surface area (Å²) in [5, 5.41) is 11.7. The van der Waals surface area contributed by atoms with Gasteiger partial charge in [-0.2, -0.15) is 10.1 Å². The number of nitrogens with zero attached hydrogens (tertiary/aromatic N) is 9. The lowest BCUT2D eigenvalue weighted by molar-refractivity contribution is -0.120. The van der Waals surface area contributed by atoms with Crippen LogP contribution in [0.25, 0.3) is 21.9 Å². The van der Waals surface area contributed by atoms with Crippen molar-refractivity contribution in [3.05, 3.63) is 69.8 Å². The number of hydrogen-bond donors (Lipinski definition) is 2. The number of likely N-dealkylation sites (tertiary alicyclic amines) is 1. The lowest BCUT2D eigenvalue weighted by Crippen LogP contribution is -2.63. The van der Waals surface area contributed by atoms with E-state index in [-0.39, 0.29) is 41.8 Å². The number of carbonyl (C=O) groups excluding carboxylic acids is 3. The highest BCUT2D eigenvalue weighted by Crippen LogP contribution is 2.37. The fraction of sp³-hybridized carbons (Fsp3) is 0.476. The number of fused-ring (bicyclic) bond motifs is 2. The molecule has 58 heavy (non-hydrogen) atoms. The zero-order valence-corrected chi connectivity index (χ0v) is 33.1. The predicted octanol–water partition coefficient (Wildman–Crippen LogP) is 5.51. The van der Waals surface area contributed by atoms with Crippen molar-refractivity contribution in [1.29, 1.82) is 0 Å². The van der Waals surface area contributed by atoms with Gasteiger partial charge in [-0.05, 0) is 81.7 Å². The van der Waals surface area contributed by atoms with Gasteiger partial charge in [-0.15, -0.1) is 0 Å². The number of nitrogens with one attached hydrogen (secondary N) is 2. The first-order valence-electron chi connectivity index (χ1n) is 20.4. The molecule has 5 aromatic rings. The number of hydrogen-bond acceptors (Lipinski definition) is 11. The largest absolute Gasteiger partial charge is 0.370 e.